The average molecular weight is 288 g/mol. The fourth-order valence-corrected chi connectivity index (χ4v) is 2.71. The molecular formula is C16H17FN2O2. The highest BCUT2D eigenvalue weighted by molar-refractivity contribution is 5.74. The Labute approximate surface area is 122 Å². The molecule has 2 amide bonds. The number of furan rings is 1. The molecule has 1 atom stereocenters. The van der Waals surface area contributed by atoms with E-state index in [1.54, 1.807) is 24.5 Å². The number of carbonyl (C=O) groups is 1. The summed E-state index contributed by atoms with van der Waals surface area (Å²) in [6, 6.07) is 7.96. The lowest BCUT2D eigenvalue weighted by Gasteiger charge is -2.26. The van der Waals surface area contributed by atoms with Gasteiger partial charge in [0, 0.05) is 0 Å². The van der Waals surface area contributed by atoms with Crippen LogP contribution in [-0.2, 0) is 13.0 Å². The first-order valence-electron chi connectivity index (χ1n) is 7.07. The maximum atomic E-state index is 13.4. The van der Waals surface area contributed by atoms with Crippen molar-refractivity contribution in [3.05, 3.63) is 59.3 Å². The van der Waals surface area contributed by atoms with Crippen LogP contribution in [0.4, 0.5) is 9.18 Å². The lowest BCUT2D eigenvalue weighted by atomic mass is 9.87. The average Bonchev–Trinajstić information content (AvgIpc) is 2.99. The van der Waals surface area contributed by atoms with Gasteiger partial charge in [-0.25, -0.2) is 9.18 Å². The molecule has 110 valence electrons. The first-order chi connectivity index (χ1) is 10.2. The summed E-state index contributed by atoms with van der Waals surface area (Å²) >= 11 is 0. The highest BCUT2D eigenvalue weighted by Crippen LogP contribution is 2.30. The summed E-state index contributed by atoms with van der Waals surface area (Å²) in [5, 5.41) is 5.65. The summed E-state index contributed by atoms with van der Waals surface area (Å²) in [7, 11) is 0. The summed E-state index contributed by atoms with van der Waals surface area (Å²) in [4.78, 5) is 11.9. The molecule has 0 radical (unpaired) electrons. The Hall–Kier alpha value is -2.30. The zero-order valence-corrected chi connectivity index (χ0v) is 11.6. The minimum absolute atomic E-state index is 0.138. The molecule has 0 aliphatic heterocycles. The molecule has 3 rings (SSSR count). The lowest BCUT2D eigenvalue weighted by Crippen LogP contribution is -2.38. The summed E-state index contributed by atoms with van der Waals surface area (Å²) in [6.45, 7) is 0.335. The van der Waals surface area contributed by atoms with Crippen molar-refractivity contribution in [3.8, 4) is 0 Å². The monoisotopic (exact) mass is 288 g/mol. The van der Waals surface area contributed by atoms with Crippen LogP contribution in [0.3, 0.4) is 0 Å². The van der Waals surface area contributed by atoms with E-state index in [4.69, 9.17) is 4.42 Å². The van der Waals surface area contributed by atoms with Gasteiger partial charge in [-0.05, 0) is 54.7 Å². The summed E-state index contributed by atoms with van der Waals surface area (Å²) in [6.07, 6.45) is 4.31. The molecular weight excluding hydrogens is 271 g/mol. The van der Waals surface area contributed by atoms with E-state index < -0.39 is 0 Å². The molecule has 0 fully saturated rings. The van der Waals surface area contributed by atoms with Crippen LogP contribution in [0.5, 0.6) is 0 Å². The Morgan fingerprint density at radius 1 is 1.38 bits per heavy atom. The molecule has 1 aliphatic rings. The molecule has 2 N–H and O–H groups in total. The van der Waals surface area contributed by atoms with Gasteiger partial charge in [-0.2, -0.15) is 0 Å². The first-order valence-corrected chi connectivity index (χ1v) is 7.07. The van der Waals surface area contributed by atoms with E-state index in [2.05, 4.69) is 10.6 Å². The number of benzene rings is 1. The number of rotatable bonds is 3. The Morgan fingerprint density at radius 3 is 3.10 bits per heavy atom. The highest BCUT2D eigenvalue weighted by atomic mass is 19.1. The standard InChI is InChI=1S/C16H17FN2O2/c17-12-7-6-11-3-1-5-15(14(11)9-12)19-16(20)18-10-13-4-2-8-21-13/h2,4,6-9,15H,1,3,5,10H2,(H2,18,19,20)/t15-/m0/s1. The summed E-state index contributed by atoms with van der Waals surface area (Å²) in [5.41, 5.74) is 1.99. The second-order valence-electron chi connectivity index (χ2n) is 5.19. The zero-order valence-electron chi connectivity index (χ0n) is 11.6. The van der Waals surface area contributed by atoms with Gasteiger partial charge in [-0.1, -0.05) is 6.07 Å². The van der Waals surface area contributed by atoms with Crippen molar-refractivity contribution in [2.75, 3.05) is 0 Å². The fourth-order valence-electron chi connectivity index (χ4n) is 2.71. The van der Waals surface area contributed by atoms with Gasteiger partial charge in [0.1, 0.15) is 11.6 Å². The lowest BCUT2D eigenvalue weighted by molar-refractivity contribution is 0.234. The largest absolute Gasteiger partial charge is 0.467 e. The van der Waals surface area contributed by atoms with Crippen molar-refractivity contribution in [2.45, 2.75) is 31.8 Å². The predicted molar refractivity (Wildman–Crippen MR) is 76.2 cm³/mol. The minimum Gasteiger partial charge on any atom is -0.467 e. The third kappa shape index (κ3) is 3.24. The molecule has 1 aliphatic carbocycles. The summed E-state index contributed by atoms with van der Waals surface area (Å²) in [5.74, 6) is 0.429. The zero-order chi connectivity index (χ0) is 14.7. The van der Waals surface area contributed by atoms with Crippen molar-refractivity contribution in [1.82, 2.24) is 10.6 Å². The SMILES string of the molecule is O=C(NCc1ccco1)N[C@H]1CCCc2ccc(F)cc21. The molecule has 0 unspecified atom stereocenters. The Bertz CT molecular complexity index is 625. The van der Waals surface area contributed by atoms with Gasteiger partial charge in [-0.15, -0.1) is 0 Å². The number of urea groups is 1. The van der Waals surface area contributed by atoms with E-state index in [9.17, 15) is 9.18 Å². The Morgan fingerprint density at radius 2 is 2.29 bits per heavy atom. The number of fused-ring (bicyclic) bond motifs is 1. The molecule has 0 bridgehead atoms. The van der Waals surface area contributed by atoms with Crippen LogP contribution < -0.4 is 10.6 Å². The van der Waals surface area contributed by atoms with E-state index >= 15 is 0 Å². The molecule has 5 heteroatoms. The minimum atomic E-state index is -0.270. The number of nitrogens with one attached hydrogen (secondary N) is 2. The molecule has 0 spiro atoms. The van der Waals surface area contributed by atoms with Crippen LogP contribution in [0.25, 0.3) is 0 Å². The van der Waals surface area contributed by atoms with E-state index in [-0.39, 0.29) is 17.9 Å². The van der Waals surface area contributed by atoms with Gasteiger partial charge in [0.2, 0.25) is 0 Å². The van der Waals surface area contributed by atoms with E-state index in [1.807, 2.05) is 0 Å². The quantitative estimate of drug-likeness (QED) is 0.910. The van der Waals surface area contributed by atoms with Gasteiger partial charge < -0.3 is 15.1 Å². The van der Waals surface area contributed by atoms with Crippen LogP contribution in [0.1, 0.15) is 35.8 Å². The van der Waals surface area contributed by atoms with Crippen molar-refractivity contribution >= 4 is 6.03 Å². The molecule has 1 heterocycles. The van der Waals surface area contributed by atoms with Crippen LogP contribution in [0, 0.1) is 5.82 Å². The third-order valence-corrected chi connectivity index (χ3v) is 3.73. The van der Waals surface area contributed by atoms with Gasteiger partial charge in [-0.3, -0.25) is 0 Å². The number of amides is 2. The van der Waals surface area contributed by atoms with E-state index in [1.165, 1.54) is 12.1 Å². The van der Waals surface area contributed by atoms with Crippen molar-refractivity contribution in [2.24, 2.45) is 0 Å². The molecule has 0 saturated heterocycles. The van der Waals surface area contributed by atoms with Gasteiger partial charge in [0.05, 0.1) is 18.8 Å². The second-order valence-corrected chi connectivity index (χ2v) is 5.19. The van der Waals surface area contributed by atoms with Crippen LogP contribution in [0.2, 0.25) is 0 Å². The second kappa shape index (κ2) is 5.99. The highest BCUT2D eigenvalue weighted by Gasteiger charge is 2.22. The van der Waals surface area contributed by atoms with Crippen LogP contribution in [0.15, 0.2) is 41.0 Å². The topological polar surface area (TPSA) is 54.3 Å². The fraction of sp³-hybridized carbons (Fsp3) is 0.312. The van der Waals surface area contributed by atoms with Crippen molar-refractivity contribution < 1.29 is 13.6 Å². The maximum Gasteiger partial charge on any atom is 0.315 e. The van der Waals surface area contributed by atoms with Gasteiger partial charge >= 0.3 is 6.03 Å². The Kier molecular flexibility index (Phi) is 3.90. The van der Waals surface area contributed by atoms with Crippen molar-refractivity contribution in [1.29, 1.82) is 0 Å². The molecule has 4 nitrogen and oxygen atoms in total. The number of hydrogen-bond acceptors (Lipinski definition) is 2. The summed E-state index contributed by atoms with van der Waals surface area (Å²) < 4.78 is 18.6. The number of halogens is 1. The normalized spacial score (nSPS) is 17.1. The van der Waals surface area contributed by atoms with E-state index in [0.29, 0.717) is 12.3 Å². The number of carbonyl (C=O) groups excluding carboxylic acids is 1. The molecule has 0 saturated carbocycles. The van der Waals surface area contributed by atoms with Crippen LogP contribution in [-0.4, -0.2) is 6.03 Å². The first kappa shape index (κ1) is 13.7. The smallest absolute Gasteiger partial charge is 0.315 e. The number of hydrogen-bond donors (Lipinski definition) is 2. The molecule has 21 heavy (non-hydrogen) atoms. The third-order valence-electron chi connectivity index (χ3n) is 3.73. The predicted octanol–water partition coefficient (Wildman–Crippen LogP) is 3.30. The van der Waals surface area contributed by atoms with Crippen molar-refractivity contribution in [3.63, 3.8) is 0 Å². The van der Waals surface area contributed by atoms with E-state index in [0.717, 1.165) is 30.4 Å². The number of aryl methyl sites for hydroxylation is 1. The Balaban J connectivity index is 1.63. The van der Waals surface area contributed by atoms with Gasteiger partial charge in [0.25, 0.3) is 0 Å². The van der Waals surface area contributed by atoms with Crippen LogP contribution >= 0.6 is 0 Å². The van der Waals surface area contributed by atoms with Gasteiger partial charge in [0.15, 0.2) is 0 Å². The molecule has 1 aromatic carbocycles. The molecule has 1 aromatic heterocycles. The maximum absolute atomic E-state index is 13.4. The molecule has 2 aromatic rings.